The van der Waals surface area contributed by atoms with Crippen LogP contribution in [0.3, 0.4) is 0 Å². The molecule has 0 aliphatic heterocycles. The molecule has 0 fully saturated rings. The Morgan fingerprint density at radius 2 is 2.05 bits per heavy atom. The molecule has 0 unspecified atom stereocenters. The van der Waals surface area contributed by atoms with E-state index >= 15 is 0 Å². The van der Waals surface area contributed by atoms with Gasteiger partial charge in [-0.25, -0.2) is 4.98 Å². The van der Waals surface area contributed by atoms with Gasteiger partial charge < -0.3 is 5.32 Å². The minimum Gasteiger partial charge on any atom is -0.316 e. The Bertz CT molecular complexity index is 701. The predicted molar refractivity (Wildman–Crippen MR) is 87.7 cm³/mol. The number of aromatic nitrogens is 1. The molecule has 1 aromatic heterocycles. The first-order chi connectivity index (χ1) is 9.76. The van der Waals surface area contributed by atoms with Crippen molar-refractivity contribution < 1.29 is 0 Å². The molecule has 1 heterocycles. The van der Waals surface area contributed by atoms with E-state index in [2.05, 4.69) is 53.6 Å². The van der Waals surface area contributed by atoms with Crippen molar-refractivity contribution in [3.63, 3.8) is 0 Å². The van der Waals surface area contributed by atoms with Gasteiger partial charge >= 0.3 is 0 Å². The van der Waals surface area contributed by atoms with Crippen LogP contribution in [0.4, 0.5) is 0 Å². The molecule has 0 saturated heterocycles. The van der Waals surface area contributed by atoms with Crippen molar-refractivity contribution in [3.8, 4) is 0 Å². The van der Waals surface area contributed by atoms with Crippen LogP contribution in [0.1, 0.15) is 11.1 Å². The smallest absolute Gasteiger partial charge is 0.155 e. The number of nitrogens with zero attached hydrogens (tertiary/aromatic N) is 1. The highest BCUT2D eigenvalue weighted by Gasteiger charge is 2.06. The van der Waals surface area contributed by atoms with Gasteiger partial charge in [0.2, 0.25) is 0 Å². The minimum absolute atomic E-state index is 0.915. The SMILES string of the molecule is CNCc1ccc(Sc2nc3ccccc3s2)cc1C. The van der Waals surface area contributed by atoms with E-state index in [-0.39, 0.29) is 0 Å². The van der Waals surface area contributed by atoms with Gasteiger partial charge in [0.15, 0.2) is 4.34 Å². The first kappa shape index (κ1) is 13.6. The molecule has 0 aliphatic carbocycles. The molecule has 0 saturated carbocycles. The van der Waals surface area contributed by atoms with Crippen LogP contribution in [-0.2, 0) is 6.54 Å². The average molecular weight is 300 g/mol. The summed E-state index contributed by atoms with van der Waals surface area (Å²) in [7, 11) is 1.98. The van der Waals surface area contributed by atoms with E-state index in [1.807, 2.05) is 13.1 Å². The fraction of sp³-hybridized carbons (Fsp3) is 0.188. The fourth-order valence-electron chi connectivity index (χ4n) is 2.12. The summed E-state index contributed by atoms with van der Waals surface area (Å²) in [4.78, 5) is 5.92. The number of benzene rings is 2. The molecule has 1 N–H and O–H groups in total. The number of nitrogens with one attached hydrogen (secondary N) is 1. The standard InChI is InChI=1S/C16H16N2S2/c1-11-9-13(8-7-12(11)10-17-2)19-16-18-14-5-3-4-6-15(14)20-16/h3-9,17H,10H2,1-2H3. The maximum absolute atomic E-state index is 4.67. The van der Waals surface area contributed by atoms with Crippen molar-refractivity contribution in [2.24, 2.45) is 0 Å². The Morgan fingerprint density at radius 3 is 2.80 bits per heavy atom. The van der Waals surface area contributed by atoms with Crippen molar-refractivity contribution in [2.75, 3.05) is 7.05 Å². The molecular weight excluding hydrogens is 284 g/mol. The number of hydrogen-bond acceptors (Lipinski definition) is 4. The third-order valence-electron chi connectivity index (χ3n) is 3.16. The first-order valence-corrected chi connectivity index (χ1v) is 8.17. The molecule has 0 aliphatic rings. The number of hydrogen-bond donors (Lipinski definition) is 1. The van der Waals surface area contributed by atoms with Gasteiger partial charge in [-0.2, -0.15) is 0 Å². The fourth-order valence-corrected chi connectivity index (χ4v) is 4.26. The molecule has 4 heteroatoms. The highest BCUT2D eigenvalue weighted by atomic mass is 32.2. The lowest BCUT2D eigenvalue weighted by molar-refractivity contribution is 0.811. The Hall–Kier alpha value is -1.36. The largest absolute Gasteiger partial charge is 0.316 e. The van der Waals surface area contributed by atoms with Crippen LogP contribution in [0.2, 0.25) is 0 Å². The van der Waals surface area contributed by atoms with Crippen LogP contribution in [0.15, 0.2) is 51.7 Å². The summed E-state index contributed by atoms with van der Waals surface area (Å²) in [5.41, 5.74) is 3.76. The molecule has 0 atom stereocenters. The monoisotopic (exact) mass is 300 g/mol. The lowest BCUT2D eigenvalue weighted by atomic mass is 10.1. The van der Waals surface area contributed by atoms with E-state index < -0.39 is 0 Å². The van der Waals surface area contributed by atoms with Crippen LogP contribution >= 0.6 is 23.1 Å². The zero-order valence-corrected chi connectivity index (χ0v) is 13.1. The summed E-state index contributed by atoms with van der Waals surface area (Å²) in [6.07, 6.45) is 0. The molecular formula is C16H16N2S2. The number of thiazole rings is 1. The van der Waals surface area contributed by atoms with Crippen LogP contribution in [0, 0.1) is 6.92 Å². The maximum atomic E-state index is 4.67. The topological polar surface area (TPSA) is 24.9 Å². The third-order valence-corrected chi connectivity index (χ3v) is 5.25. The summed E-state index contributed by atoms with van der Waals surface area (Å²) in [6, 6.07) is 14.9. The Labute approximate surface area is 127 Å². The van der Waals surface area contributed by atoms with Crippen LogP contribution in [-0.4, -0.2) is 12.0 Å². The second-order valence-corrected chi connectivity index (χ2v) is 7.02. The van der Waals surface area contributed by atoms with Crippen molar-refractivity contribution in [1.82, 2.24) is 10.3 Å². The zero-order valence-electron chi connectivity index (χ0n) is 11.5. The van der Waals surface area contributed by atoms with E-state index in [1.165, 1.54) is 20.7 Å². The molecule has 2 aromatic carbocycles. The quantitative estimate of drug-likeness (QED) is 0.769. The highest BCUT2D eigenvalue weighted by molar-refractivity contribution is 8.01. The van der Waals surface area contributed by atoms with Crippen LogP contribution in [0.25, 0.3) is 10.2 Å². The van der Waals surface area contributed by atoms with Crippen molar-refractivity contribution >= 4 is 33.3 Å². The second kappa shape index (κ2) is 5.95. The number of fused-ring (bicyclic) bond motifs is 1. The van der Waals surface area contributed by atoms with Gasteiger partial charge in [-0.15, -0.1) is 11.3 Å². The van der Waals surface area contributed by atoms with E-state index in [0.29, 0.717) is 0 Å². The van der Waals surface area contributed by atoms with Gasteiger partial charge in [0, 0.05) is 11.4 Å². The molecule has 20 heavy (non-hydrogen) atoms. The zero-order chi connectivity index (χ0) is 13.9. The maximum Gasteiger partial charge on any atom is 0.155 e. The highest BCUT2D eigenvalue weighted by Crippen LogP contribution is 2.34. The molecule has 0 spiro atoms. The van der Waals surface area contributed by atoms with Crippen LogP contribution in [0.5, 0.6) is 0 Å². The lowest BCUT2D eigenvalue weighted by Crippen LogP contribution is -2.06. The normalized spacial score (nSPS) is 11.1. The second-order valence-electron chi connectivity index (χ2n) is 4.67. The molecule has 102 valence electrons. The van der Waals surface area contributed by atoms with E-state index in [4.69, 9.17) is 0 Å². The summed E-state index contributed by atoms with van der Waals surface area (Å²) in [5, 5.41) is 3.19. The molecule has 3 rings (SSSR count). The van der Waals surface area contributed by atoms with Crippen molar-refractivity contribution in [2.45, 2.75) is 22.7 Å². The van der Waals surface area contributed by atoms with Gasteiger partial charge in [-0.3, -0.25) is 0 Å². The summed E-state index contributed by atoms with van der Waals surface area (Å²) in [6.45, 7) is 3.08. The molecule has 0 radical (unpaired) electrons. The van der Waals surface area contributed by atoms with E-state index in [1.54, 1.807) is 23.1 Å². The van der Waals surface area contributed by atoms with Gasteiger partial charge in [0.25, 0.3) is 0 Å². The van der Waals surface area contributed by atoms with Gasteiger partial charge in [-0.1, -0.05) is 30.0 Å². The number of rotatable bonds is 4. The molecule has 0 bridgehead atoms. The average Bonchev–Trinajstić information content (AvgIpc) is 2.84. The minimum atomic E-state index is 0.915. The van der Waals surface area contributed by atoms with Crippen molar-refractivity contribution in [1.29, 1.82) is 0 Å². The van der Waals surface area contributed by atoms with Gasteiger partial charge in [0.1, 0.15) is 0 Å². The number of para-hydroxylation sites is 1. The summed E-state index contributed by atoms with van der Waals surface area (Å²) < 4.78 is 2.35. The molecule has 3 aromatic rings. The van der Waals surface area contributed by atoms with Gasteiger partial charge in [-0.05, 0) is 49.4 Å². The first-order valence-electron chi connectivity index (χ1n) is 6.54. The summed E-state index contributed by atoms with van der Waals surface area (Å²) in [5.74, 6) is 0. The molecule has 0 amide bonds. The van der Waals surface area contributed by atoms with Crippen molar-refractivity contribution in [3.05, 3.63) is 53.6 Å². The predicted octanol–water partition coefficient (Wildman–Crippen LogP) is 4.48. The Kier molecular flexibility index (Phi) is 4.05. The number of aryl methyl sites for hydroxylation is 1. The Balaban J connectivity index is 1.85. The summed E-state index contributed by atoms with van der Waals surface area (Å²) >= 11 is 3.49. The Morgan fingerprint density at radius 1 is 1.20 bits per heavy atom. The third kappa shape index (κ3) is 2.87. The lowest BCUT2D eigenvalue weighted by Gasteiger charge is -2.06. The van der Waals surface area contributed by atoms with Gasteiger partial charge in [0.05, 0.1) is 10.2 Å². The van der Waals surface area contributed by atoms with E-state index in [0.717, 1.165) is 16.4 Å². The molecule has 2 nitrogen and oxygen atoms in total. The van der Waals surface area contributed by atoms with Crippen LogP contribution < -0.4 is 5.32 Å². The van der Waals surface area contributed by atoms with E-state index in [9.17, 15) is 0 Å².